The molecule has 1 heterocycles. The molecule has 5 N–H and O–H groups in total. The van der Waals surface area contributed by atoms with Gasteiger partial charge in [0.25, 0.3) is 0 Å². The minimum Gasteiger partial charge on any atom is -0.493 e. The van der Waals surface area contributed by atoms with E-state index in [9.17, 15) is 4.79 Å². The normalized spacial score (nSPS) is 13.7. The van der Waals surface area contributed by atoms with Crippen LogP contribution in [0.25, 0.3) is 0 Å². The molecule has 14 heteroatoms. The average Bonchev–Trinajstić information content (AvgIpc) is 2.97. The number of nitrogens with zero attached hydrogens (tertiary/aromatic N) is 2. The van der Waals surface area contributed by atoms with E-state index in [-0.39, 0.29) is 11.9 Å². The van der Waals surface area contributed by atoms with Crippen LogP contribution in [0.4, 0.5) is 5.69 Å². The quantitative estimate of drug-likeness (QED) is 0.274. The summed E-state index contributed by atoms with van der Waals surface area (Å²) in [6.45, 7) is 10.8. The van der Waals surface area contributed by atoms with E-state index in [0.717, 1.165) is 49.9 Å². The average molecular weight is 606 g/mol. The van der Waals surface area contributed by atoms with E-state index in [1.54, 1.807) is 14.2 Å². The summed E-state index contributed by atoms with van der Waals surface area (Å²) in [5.41, 5.74) is 3.33. The molecule has 2 aromatic carbocycles. The molecule has 0 bridgehead atoms. The standard InChI is InChI=1S/C25H35N3O3.2C2H2O4/c1-18(2)21-7-9-22(10-8-21)26-25(29)19(3)28-14-12-27(13-15-28)17-20-6-11-23(30-4)24(16-20)31-5;2*3-1(4)2(5)6/h6-11,16,18-19H,12-15,17H2,1-5H3,(H,26,29);2*(H,3,4)(H,5,6). The zero-order valence-corrected chi connectivity index (χ0v) is 24.8. The van der Waals surface area contributed by atoms with Crippen molar-refractivity contribution in [1.82, 2.24) is 9.80 Å². The number of nitrogens with one attached hydrogen (secondary N) is 1. The highest BCUT2D eigenvalue weighted by Gasteiger charge is 2.26. The molecule has 1 atom stereocenters. The number of hydrogen-bond acceptors (Lipinski definition) is 9. The predicted octanol–water partition coefficient (Wildman–Crippen LogP) is 2.28. The molecule has 0 radical (unpaired) electrons. The molecule has 236 valence electrons. The van der Waals surface area contributed by atoms with Crippen LogP contribution in [-0.4, -0.2) is 106 Å². The van der Waals surface area contributed by atoms with Crippen LogP contribution in [0.5, 0.6) is 11.5 Å². The number of carboxylic acid groups (broad SMARTS) is 4. The first-order valence-electron chi connectivity index (χ1n) is 13.2. The first kappa shape index (κ1) is 36.3. The van der Waals surface area contributed by atoms with E-state index in [2.05, 4.69) is 47.2 Å². The highest BCUT2D eigenvalue weighted by Crippen LogP contribution is 2.28. The number of hydrogen-bond donors (Lipinski definition) is 5. The van der Waals surface area contributed by atoms with E-state index in [1.165, 1.54) is 11.1 Å². The number of anilines is 1. The maximum Gasteiger partial charge on any atom is 0.414 e. The van der Waals surface area contributed by atoms with Crippen LogP contribution in [0.2, 0.25) is 0 Å². The van der Waals surface area contributed by atoms with E-state index >= 15 is 0 Å². The monoisotopic (exact) mass is 605 g/mol. The van der Waals surface area contributed by atoms with Gasteiger partial charge in [-0.05, 0) is 48.2 Å². The number of rotatable bonds is 8. The molecule has 0 spiro atoms. The maximum atomic E-state index is 12.7. The smallest absolute Gasteiger partial charge is 0.414 e. The van der Waals surface area contributed by atoms with Gasteiger partial charge in [0.05, 0.1) is 20.3 Å². The molecule has 1 fully saturated rings. The Morgan fingerprint density at radius 1 is 0.744 bits per heavy atom. The lowest BCUT2D eigenvalue weighted by molar-refractivity contribution is -0.159. The predicted molar refractivity (Wildman–Crippen MR) is 156 cm³/mol. The van der Waals surface area contributed by atoms with Crippen LogP contribution in [0.3, 0.4) is 0 Å². The molecule has 1 aliphatic rings. The summed E-state index contributed by atoms with van der Waals surface area (Å²) >= 11 is 0. The van der Waals surface area contributed by atoms with Crippen LogP contribution in [0.15, 0.2) is 42.5 Å². The minimum absolute atomic E-state index is 0.0469. The Hall–Kier alpha value is -4.69. The number of aliphatic carboxylic acids is 4. The van der Waals surface area contributed by atoms with Gasteiger partial charge >= 0.3 is 23.9 Å². The van der Waals surface area contributed by atoms with Crippen molar-refractivity contribution in [3.63, 3.8) is 0 Å². The summed E-state index contributed by atoms with van der Waals surface area (Å²) in [6, 6.07) is 14.0. The first-order chi connectivity index (χ1) is 20.2. The van der Waals surface area contributed by atoms with Gasteiger partial charge in [0.2, 0.25) is 5.91 Å². The minimum atomic E-state index is -1.82. The van der Waals surface area contributed by atoms with Crippen molar-refractivity contribution < 1.29 is 53.9 Å². The number of carbonyl (C=O) groups excluding carboxylic acids is 1. The fourth-order valence-corrected chi connectivity index (χ4v) is 3.91. The lowest BCUT2D eigenvalue weighted by Gasteiger charge is -2.37. The number of carbonyl (C=O) groups is 5. The van der Waals surface area contributed by atoms with Crippen molar-refractivity contribution in [2.75, 3.05) is 45.7 Å². The molecular weight excluding hydrogens is 566 g/mol. The van der Waals surface area contributed by atoms with E-state index in [4.69, 9.17) is 49.1 Å². The zero-order chi connectivity index (χ0) is 32.7. The fraction of sp³-hybridized carbons (Fsp3) is 0.414. The highest BCUT2D eigenvalue weighted by molar-refractivity contribution is 6.27. The Morgan fingerprint density at radius 2 is 1.23 bits per heavy atom. The van der Waals surface area contributed by atoms with Crippen LogP contribution >= 0.6 is 0 Å². The van der Waals surface area contributed by atoms with Gasteiger partial charge in [-0.25, -0.2) is 19.2 Å². The van der Waals surface area contributed by atoms with E-state index < -0.39 is 23.9 Å². The Bertz CT molecular complexity index is 1190. The molecule has 1 amide bonds. The van der Waals surface area contributed by atoms with Crippen LogP contribution in [-0.2, 0) is 30.5 Å². The molecule has 1 unspecified atom stereocenters. The molecule has 0 aromatic heterocycles. The Kier molecular flexibility index (Phi) is 15.2. The molecule has 0 aliphatic carbocycles. The first-order valence-corrected chi connectivity index (χ1v) is 13.2. The Labute approximate surface area is 249 Å². The number of piperazine rings is 1. The van der Waals surface area contributed by atoms with Crippen molar-refractivity contribution >= 4 is 35.5 Å². The van der Waals surface area contributed by atoms with E-state index in [1.807, 2.05) is 31.2 Å². The third-order valence-corrected chi connectivity index (χ3v) is 6.40. The molecule has 0 saturated carbocycles. The largest absolute Gasteiger partial charge is 0.493 e. The van der Waals surface area contributed by atoms with Crippen LogP contribution in [0, 0.1) is 0 Å². The van der Waals surface area contributed by atoms with Gasteiger partial charge in [-0.2, -0.15) is 0 Å². The van der Waals surface area contributed by atoms with Gasteiger partial charge < -0.3 is 35.2 Å². The summed E-state index contributed by atoms with van der Waals surface area (Å²) in [4.78, 5) is 53.8. The topological polar surface area (TPSA) is 203 Å². The van der Waals surface area contributed by atoms with Crippen LogP contribution in [0.1, 0.15) is 37.8 Å². The lowest BCUT2D eigenvalue weighted by Crippen LogP contribution is -2.52. The second kappa shape index (κ2) is 18.0. The number of amides is 1. The summed E-state index contributed by atoms with van der Waals surface area (Å²) in [6.07, 6.45) is 0. The number of methoxy groups -OCH3 is 2. The van der Waals surface area contributed by atoms with Crippen molar-refractivity contribution in [1.29, 1.82) is 0 Å². The molecular formula is C29H39N3O11. The van der Waals surface area contributed by atoms with Crippen molar-refractivity contribution in [3.05, 3.63) is 53.6 Å². The highest BCUT2D eigenvalue weighted by atomic mass is 16.5. The van der Waals surface area contributed by atoms with Gasteiger partial charge in [0.1, 0.15) is 0 Å². The molecule has 1 saturated heterocycles. The number of benzene rings is 2. The molecule has 2 aromatic rings. The lowest BCUT2D eigenvalue weighted by atomic mass is 10.0. The second-order valence-corrected chi connectivity index (χ2v) is 9.66. The van der Waals surface area contributed by atoms with Gasteiger partial charge in [0, 0.05) is 38.4 Å². The second-order valence-electron chi connectivity index (χ2n) is 9.66. The molecule has 43 heavy (non-hydrogen) atoms. The van der Waals surface area contributed by atoms with Crippen molar-refractivity contribution in [3.8, 4) is 11.5 Å². The number of ether oxygens (including phenoxy) is 2. The third-order valence-electron chi connectivity index (χ3n) is 6.40. The fourth-order valence-electron chi connectivity index (χ4n) is 3.91. The van der Waals surface area contributed by atoms with Gasteiger partial charge in [0.15, 0.2) is 11.5 Å². The Balaban J connectivity index is 0.000000649. The third kappa shape index (κ3) is 12.8. The molecule has 14 nitrogen and oxygen atoms in total. The number of carboxylic acids is 4. The summed E-state index contributed by atoms with van der Waals surface area (Å²) < 4.78 is 10.7. The zero-order valence-electron chi connectivity index (χ0n) is 24.8. The SMILES string of the molecule is COc1ccc(CN2CCN(C(C)C(=O)Nc3ccc(C(C)C)cc3)CC2)cc1OC.O=C(O)C(=O)O.O=C(O)C(=O)O. The van der Waals surface area contributed by atoms with Crippen molar-refractivity contribution in [2.24, 2.45) is 0 Å². The summed E-state index contributed by atoms with van der Waals surface area (Å²) in [5.74, 6) is -5.26. The maximum absolute atomic E-state index is 12.7. The van der Waals surface area contributed by atoms with Gasteiger partial charge in [-0.15, -0.1) is 0 Å². The molecule has 3 rings (SSSR count). The Morgan fingerprint density at radius 3 is 1.65 bits per heavy atom. The van der Waals surface area contributed by atoms with E-state index in [0.29, 0.717) is 5.92 Å². The summed E-state index contributed by atoms with van der Waals surface area (Å²) in [7, 11) is 3.31. The van der Waals surface area contributed by atoms with Crippen molar-refractivity contribution in [2.45, 2.75) is 39.3 Å². The van der Waals surface area contributed by atoms with Gasteiger partial charge in [-0.3, -0.25) is 14.6 Å². The van der Waals surface area contributed by atoms with Gasteiger partial charge in [-0.1, -0.05) is 32.0 Å². The molecule has 1 aliphatic heterocycles. The summed E-state index contributed by atoms with van der Waals surface area (Å²) in [5, 5.41) is 32.6. The van der Waals surface area contributed by atoms with Crippen LogP contribution < -0.4 is 14.8 Å².